The maximum Gasteiger partial charge on any atom is 0.265 e. The van der Waals surface area contributed by atoms with Crippen LogP contribution in [0, 0.1) is 5.82 Å². The molecule has 0 fully saturated rings. The van der Waals surface area contributed by atoms with Crippen molar-refractivity contribution in [3.8, 4) is 0 Å². The molecule has 16 heavy (non-hydrogen) atoms. The predicted octanol–water partition coefficient (Wildman–Crippen LogP) is 2.72. The quantitative estimate of drug-likeness (QED) is 0.788. The second-order valence-corrected chi connectivity index (χ2v) is 4.12. The van der Waals surface area contributed by atoms with Crippen LogP contribution in [0.5, 0.6) is 0 Å². The molecule has 0 saturated carbocycles. The highest BCUT2D eigenvalue weighted by Crippen LogP contribution is 2.18. The second kappa shape index (κ2) is 4.32. The lowest BCUT2D eigenvalue weighted by molar-refractivity contribution is 0.103. The molecule has 2 rings (SSSR count). The first kappa shape index (κ1) is 10.6. The minimum atomic E-state index is -0.537. The standard InChI is InChI=1S/C11H9FN2OS/c12-8-6-7(13)3-4-9(8)14-11(15)10-2-1-5-16-10/h1-6H,13H2,(H,14,15). The molecule has 1 aromatic heterocycles. The zero-order valence-corrected chi connectivity index (χ0v) is 9.05. The Bertz CT molecular complexity index is 511. The van der Waals surface area contributed by atoms with Gasteiger partial charge in [-0.2, -0.15) is 0 Å². The van der Waals surface area contributed by atoms with Crippen LogP contribution < -0.4 is 11.1 Å². The van der Waals surface area contributed by atoms with Gasteiger partial charge in [-0.05, 0) is 29.6 Å². The Morgan fingerprint density at radius 3 is 2.81 bits per heavy atom. The third-order valence-corrected chi connectivity index (χ3v) is 2.85. The molecule has 0 aliphatic heterocycles. The molecule has 0 spiro atoms. The van der Waals surface area contributed by atoms with Crippen molar-refractivity contribution in [3.05, 3.63) is 46.4 Å². The summed E-state index contributed by atoms with van der Waals surface area (Å²) in [5.74, 6) is -0.858. The van der Waals surface area contributed by atoms with Gasteiger partial charge >= 0.3 is 0 Å². The minimum Gasteiger partial charge on any atom is -0.399 e. The fourth-order valence-corrected chi connectivity index (χ4v) is 1.84. The molecule has 0 bridgehead atoms. The van der Waals surface area contributed by atoms with Gasteiger partial charge in [-0.3, -0.25) is 4.79 Å². The van der Waals surface area contributed by atoms with Crippen molar-refractivity contribution < 1.29 is 9.18 Å². The van der Waals surface area contributed by atoms with E-state index >= 15 is 0 Å². The number of benzene rings is 1. The third-order valence-electron chi connectivity index (χ3n) is 1.99. The number of nitrogens with one attached hydrogen (secondary N) is 1. The molecule has 3 nitrogen and oxygen atoms in total. The van der Waals surface area contributed by atoms with E-state index in [-0.39, 0.29) is 11.6 Å². The van der Waals surface area contributed by atoms with Crippen molar-refractivity contribution in [1.82, 2.24) is 0 Å². The first-order valence-electron chi connectivity index (χ1n) is 4.56. The Morgan fingerprint density at radius 2 is 2.19 bits per heavy atom. The molecule has 3 N–H and O–H groups in total. The van der Waals surface area contributed by atoms with E-state index in [0.717, 1.165) is 0 Å². The number of rotatable bonds is 2. The van der Waals surface area contributed by atoms with E-state index in [1.54, 1.807) is 17.5 Å². The van der Waals surface area contributed by atoms with Crippen molar-refractivity contribution in [2.45, 2.75) is 0 Å². The number of nitrogen functional groups attached to an aromatic ring is 1. The van der Waals surface area contributed by atoms with Gasteiger partial charge in [-0.25, -0.2) is 4.39 Å². The summed E-state index contributed by atoms with van der Waals surface area (Å²) < 4.78 is 13.4. The van der Waals surface area contributed by atoms with Crippen LogP contribution in [0.2, 0.25) is 0 Å². The maximum absolute atomic E-state index is 13.4. The summed E-state index contributed by atoms with van der Waals surface area (Å²) in [6, 6.07) is 7.58. The van der Waals surface area contributed by atoms with Crippen molar-refractivity contribution in [3.63, 3.8) is 0 Å². The van der Waals surface area contributed by atoms with Gasteiger partial charge in [-0.15, -0.1) is 11.3 Å². The lowest BCUT2D eigenvalue weighted by Crippen LogP contribution is -2.11. The molecule has 1 aromatic carbocycles. The van der Waals surface area contributed by atoms with Crippen LogP contribution in [0.3, 0.4) is 0 Å². The van der Waals surface area contributed by atoms with Gasteiger partial charge in [0.1, 0.15) is 5.82 Å². The van der Waals surface area contributed by atoms with Gasteiger partial charge in [0, 0.05) is 5.69 Å². The largest absolute Gasteiger partial charge is 0.399 e. The van der Waals surface area contributed by atoms with E-state index in [2.05, 4.69) is 5.32 Å². The van der Waals surface area contributed by atoms with E-state index in [1.807, 2.05) is 0 Å². The Labute approximate surface area is 95.7 Å². The molecule has 0 saturated heterocycles. The summed E-state index contributed by atoms with van der Waals surface area (Å²) >= 11 is 1.30. The van der Waals surface area contributed by atoms with E-state index in [4.69, 9.17) is 5.73 Å². The smallest absolute Gasteiger partial charge is 0.265 e. The third kappa shape index (κ3) is 2.20. The molecule has 0 radical (unpaired) electrons. The van der Waals surface area contributed by atoms with E-state index in [1.165, 1.54) is 29.5 Å². The van der Waals surface area contributed by atoms with Crippen LogP contribution in [-0.4, -0.2) is 5.91 Å². The normalized spacial score (nSPS) is 10.1. The number of hydrogen-bond donors (Lipinski definition) is 2. The lowest BCUT2D eigenvalue weighted by Gasteiger charge is -2.05. The number of thiophene rings is 1. The molecular weight excluding hydrogens is 227 g/mol. The number of nitrogens with two attached hydrogens (primary N) is 1. The highest BCUT2D eigenvalue weighted by Gasteiger charge is 2.09. The van der Waals surface area contributed by atoms with Crippen molar-refractivity contribution in [2.75, 3.05) is 11.1 Å². The summed E-state index contributed by atoms with van der Waals surface area (Å²) in [5.41, 5.74) is 5.86. The number of amides is 1. The average Bonchev–Trinajstić information content (AvgIpc) is 2.75. The fourth-order valence-electron chi connectivity index (χ4n) is 1.22. The first-order chi connectivity index (χ1) is 7.66. The highest BCUT2D eigenvalue weighted by molar-refractivity contribution is 7.12. The predicted molar refractivity (Wildman–Crippen MR) is 63.1 cm³/mol. The molecule has 5 heteroatoms. The highest BCUT2D eigenvalue weighted by atomic mass is 32.1. The monoisotopic (exact) mass is 236 g/mol. The molecular formula is C11H9FN2OS. The van der Waals surface area contributed by atoms with Gasteiger partial charge in [-0.1, -0.05) is 6.07 Å². The van der Waals surface area contributed by atoms with Gasteiger partial charge < -0.3 is 11.1 Å². The molecule has 1 heterocycles. The second-order valence-electron chi connectivity index (χ2n) is 3.17. The zero-order chi connectivity index (χ0) is 11.5. The van der Waals surface area contributed by atoms with Crippen LogP contribution in [0.1, 0.15) is 9.67 Å². The Morgan fingerprint density at radius 1 is 1.38 bits per heavy atom. The van der Waals surface area contributed by atoms with Crippen LogP contribution in [0.4, 0.5) is 15.8 Å². The molecule has 0 aliphatic carbocycles. The Balaban J connectivity index is 2.18. The Hall–Kier alpha value is -1.88. The summed E-state index contributed by atoms with van der Waals surface area (Å²) in [6.45, 7) is 0. The van der Waals surface area contributed by atoms with E-state index < -0.39 is 5.82 Å². The van der Waals surface area contributed by atoms with Crippen molar-refractivity contribution >= 4 is 28.6 Å². The topological polar surface area (TPSA) is 55.1 Å². The SMILES string of the molecule is Nc1ccc(NC(=O)c2cccs2)c(F)c1. The van der Waals surface area contributed by atoms with E-state index in [0.29, 0.717) is 10.6 Å². The summed E-state index contributed by atoms with van der Waals surface area (Å²) in [5, 5.41) is 4.27. The summed E-state index contributed by atoms with van der Waals surface area (Å²) in [6.07, 6.45) is 0. The van der Waals surface area contributed by atoms with Crippen molar-refractivity contribution in [1.29, 1.82) is 0 Å². The molecule has 0 aliphatic rings. The fraction of sp³-hybridized carbons (Fsp3) is 0. The van der Waals surface area contributed by atoms with Gasteiger partial charge in [0.2, 0.25) is 0 Å². The van der Waals surface area contributed by atoms with E-state index in [9.17, 15) is 9.18 Å². The maximum atomic E-state index is 13.4. The van der Waals surface area contributed by atoms with Gasteiger partial charge in [0.05, 0.1) is 10.6 Å². The number of carbonyl (C=O) groups is 1. The van der Waals surface area contributed by atoms with Crippen LogP contribution in [-0.2, 0) is 0 Å². The molecule has 2 aromatic rings. The van der Waals surface area contributed by atoms with Crippen LogP contribution in [0.25, 0.3) is 0 Å². The molecule has 1 amide bonds. The number of anilines is 2. The summed E-state index contributed by atoms with van der Waals surface area (Å²) in [4.78, 5) is 12.2. The van der Waals surface area contributed by atoms with Crippen LogP contribution in [0.15, 0.2) is 35.7 Å². The lowest BCUT2D eigenvalue weighted by atomic mass is 10.2. The number of halogens is 1. The zero-order valence-electron chi connectivity index (χ0n) is 8.24. The summed E-state index contributed by atoms with van der Waals surface area (Å²) in [7, 11) is 0. The van der Waals surface area contributed by atoms with Crippen LogP contribution >= 0.6 is 11.3 Å². The minimum absolute atomic E-state index is 0.132. The molecule has 0 atom stereocenters. The number of carbonyl (C=O) groups excluding carboxylic acids is 1. The molecule has 82 valence electrons. The number of hydrogen-bond acceptors (Lipinski definition) is 3. The van der Waals surface area contributed by atoms with Gasteiger partial charge in [0.25, 0.3) is 5.91 Å². The first-order valence-corrected chi connectivity index (χ1v) is 5.44. The molecule has 0 unspecified atom stereocenters. The average molecular weight is 236 g/mol. The van der Waals surface area contributed by atoms with Crippen molar-refractivity contribution in [2.24, 2.45) is 0 Å². The van der Waals surface area contributed by atoms with Gasteiger partial charge in [0.15, 0.2) is 0 Å². The Kier molecular flexibility index (Phi) is 2.87.